The fraction of sp³-hybridized carbons (Fsp3) is 0.385. The van der Waals surface area contributed by atoms with Crippen LogP contribution in [0.25, 0.3) is 0 Å². The van der Waals surface area contributed by atoms with E-state index in [9.17, 15) is 4.79 Å². The molecule has 0 heterocycles. The third-order valence-corrected chi connectivity index (χ3v) is 3.15. The second kappa shape index (κ2) is 8.00. The van der Waals surface area contributed by atoms with Crippen LogP contribution in [0.1, 0.15) is 18.4 Å². The Kier molecular flexibility index (Phi) is 6.65. The predicted molar refractivity (Wildman–Crippen MR) is 74.0 cm³/mol. The number of ether oxygens (including phenoxy) is 1. The van der Waals surface area contributed by atoms with Gasteiger partial charge in [0.05, 0.1) is 6.07 Å². The summed E-state index contributed by atoms with van der Waals surface area (Å²) < 4.78 is 5.03. The standard InChI is InChI=1S/C13H14Cl2N2O2/c1-19-12(3-2-6-16)13(18)17-8-9-4-5-10(14)7-11(9)15/h4-5,7,12H,2-3,8H2,1H3,(H,17,18). The van der Waals surface area contributed by atoms with Gasteiger partial charge in [-0.1, -0.05) is 29.3 Å². The molecular weight excluding hydrogens is 287 g/mol. The van der Waals surface area contributed by atoms with Crippen molar-refractivity contribution in [2.45, 2.75) is 25.5 Å². The lowest BCUT2D eigenvalue weighted by Gasteiger charge is -2.14. The Morgan fingerprint density at radius 1 is 1.53 bits per heavy atom. The van der Waals surface area contributed by atoms with Gasteiger partial charge in [0, 0.05) is 30.1 Å². The van der Waals surface area contributed by atoms with Crippen molar-refractivity contribution in [2.75, 3.05) is 7.11 Å². The van der Waals surface area contributed by atoms with Gasteiger partial charge in [-0.15, -0.1) is 0 Å². The van der Waals surface area contributed by atoms with E-state index < -0.39 is 6.10 Å². The molecule has 0 aliphatic rings. The fourth-order valence-corrected chi connectivity index (χ4v) is 1.99. The van der Waals surface area contributed by atoms with Gasteiger partial charge in [0.2, 0.25) is 5.91 Å². The molecule has 0 saturated carbocycles. The molecule has 0 bridgehead atoms. The summed E-state index contributed by atoms with van der Waals surface area (Å²) in [4.78, 5) is 11.8. The summed E-state index contributed by atoms with van der Waals surface area (Å²) in [5, 5.41) is 12.3. The van der Waals surface area contributed by atoms with Crippen molar-refractivity contribution >= 4 is 29.1 Å². The number of carbonyl (C=O) groups is 1. The van der Waals surface area contributed by atoms with Crippen LogP contribution in [0.2, 0.25) is 10.0 Å². The second-order valence-electron chi connectivity index (χ2n) is 3.87. The quantitative estimate of drug-likeness (QED) is 0.878. The zero-order valence-corrected chi connectivity index (χ0v) is 12.0. The summed E-state index contributed by atoms with van der Waals surface area (Å²) >= 11 is 11.8. The zero-order chi connectivity index (χ0) is 14.3. The SMILES string of the molecule is COC(CCC#N)C(=O)NCc1ccc(Cl)cc1Cl. The first-order valence-corrected chi connectivity index (χ1v) is 6.45. The molecule has 0 fully saturated rings. The van der Waals surface area contributed by atoms with Gasteiger partial charge in [-0.25, -0.2) is 0 Å². The zero-order valence-electron chi connectivity index (χ0n) is 10.5. The molecule has 0 aliphatic carbocycles. The number of nitrogens with one attached hydrogen (secondary N) is 1. The van der Waals surface area contributed by atoms with Crippen LogP contribution in [0.15, 0.2) is 18.2 Å². The average Bonchev–Trinajstić information content (AvgIpc) is 2.38. The molecule has 1 rings (SSSR count). The van der Waals surface area contributed by atoms with Gasteiger partial charge in [0.25, 0.3) is 0 Å². The van der Waals surface area contributed by atoms with E-state index in [1.54, 1.807) is 18.2 Å². The maximum Gasteiger partial charge on any atom is 0.249 e. The minimum Gasteiger partial charge on any atom is -0.372 e. The van der Waals surface area contributed by atoms with Crippen LogP contribution in [0.3, 0.4) is 0 Å². The molecule has 0 saturated heterocycles. The van der Waals surface area contributed by atoms with E-state index in [0.717, 1.165) is 5.56 Å². The van der Waals surface area contributed by atoms with Crippen LogP contribution in [-0.2, 0) is 16.1 Å². The number of benzene rings is 1. The summed E-state index contributed by atoms with van der Waals surface area (Å²) in [6, 6.07) is 7.06. The third kappa shape index (κ3) is 5.07. The molecule has 0 aliphatic heterocycles. The topological polar surface area (TPSA) is 62.1 Å². The minimum atomic E-state index is -0.620. The first-order valence-electron chi connectivity index (χ1n) is 5.70. The van der Waals surface area contributed by atoms with Crippen molar-refractivity contribution in [3.63, 3.8) is 0 Å². The van der Waals surface area contributed by atoms with Gasteiger partial charge < -0.3 is 10.1 Å². The first kappa shape index (κ1) is 15.8. The van der Waals surface area contributed by atoms with Crippen molar-refractivity contribution in [3.8, 4) is 6.07 Å². The highest BCUT2D eigenvalue weighted by molar-refractivity contribution is 6.35. The maximum absolute atomic E-state index is 11.8. The number of hydrogen-bond acceptors (Lipinski definition) is 3. The Morgan fingerprint density at radius 2 is 2.26 bits per heavy atom. The number of nitrogens with zero attached hydrogens (tertiary/aromatic N) is 1. The highest BCUT2D eigenvalue weighted by Crippen LogP contribution is 2.20. The van der Waals surface area contributed by atoms with E-state index in [0.29, 0.717) is 23.0 Å². The number of carbonyl (C=O) groups excluding carboxylic acids is 1. The summed E-state index contributed by atoms with van der Waals surface area (Å²) in [5.41, 5.74) is 0.773. The van der Waals surface area contributed by atoms with Gasteiger partial charge in [-0.3, -0.25) is 4.79 Å². The Hall–Kier alpha value is -1.28. The van der Waals surface area contributed by atoms with Gasteiger partial charge >= 0.3 is 0 Å². The average molecular weight is 301 g/mol. The Labute approximate surface area is 122 Å². The van der Waals surface area contributed by atoms with E-state index in [2.05, 4.69) is 5.32 Å². The maximum atomic E-state index is 11.8. The molecular formula is C13H14Cl2N2O2. The van der Waals surface area contributed by atoms with Crippen molar-refractivity contribution in [1.29, 1.82) is 5.26 Å². The van der Waals surface area contributed by atoms with Crippen molar-refractivity contribution in [1.82, 2.24) is 5.32 Å². The smallest absolute Gasteiger partial charge is 0.249 e. The lowest BCUT2D eigenvalue weighted by molar-refractivity contribution is -0.131. The normalized spacial score (nSPS) is 11.7. The lowest BCUT2D eigenvalue weighted by Crippen LogP contribution is -2.35. The van der Waals surface area contributed by atoms with E-state index in [4.69, 9.17) is 33.2 Å². The summed E-state index contributed by atoms with van der Waals surface area (Å²) in [6.07, 6.45) is 0.0200. The number of hydrogen-bond donors (Lipinski definition) is 1. The minimum absolute atomic E-state index is 0.260. The Bertz CT molecular complexity index is 486. The largest absolute Gasteiger partial charge is 0.372 e. The lowest BCUT2D eigenvalue weighted by atomic mass is 10.2. The predicted octanol–water partition coefficient (Wildman–Crippen LogP) is 2.93. The van der Waals surface area contributed by atoms with Gasteiger partial charge in [-0.05, 0) is 24.1 Å². The van der Waals surface area contributed by atoms with Crippen LogP contribution in [-0.4, -0.2) is 19.1 Å². The molecule has 4 nitrogen and oxygen atoms in total. The number of nitriles is 1. The molecule has 0 radical (unpaired) electrons. The molecule has 1 N–H and O–H groups in total. The number of rotatable bonds is 6. The number of halogens is 2. The van der Waals surface area contributed by atoms with E-state index in [-0.39, 0.29) is 12.3 Å². The van der Waals surface area contributed by atoms with Crippen LogP contribution < -0.4 is 5.32 Å². The van der Waals surface area contributed by atoms with Crippen molar-refractivity contribution < 1.29 is 9.53 Å². The van der Waals surface area contributed by atoms with Crippen LogP contribution in [0.4, 0.5) is 0 Å². The highest BCUT2D eigenvalue weighted by atomic mass is 35.5. The van der Waals surface area contributed by atoms with Gasteiger partial charge in [0.15, 0.2) is 0 Å². The van der Waals surface area contributed by atoms with E-state index in [1.807, 2.05) is 6.07 Å². The van der Waals surface area contributed by atoms with Crippen molar-refractivity contribution in [3.05, 3.63) is 33.8 Å². The number of methoxy groups -OCH3 is 1. The molecule has 102 valence electrons. The second-order valence-corrected chi connectivity index (χ2v) is 4.72. The molecule has 6 heteroatoms. The highest BCUT2D eigenvalue weighted by Gasteiger charge is 2.17. The Balaban J connectivity index is 2.55. The molecule has 1 atom stereocenters. The molecule has 1 aromatic carbocycles. The third-order valence-electron chi connectivity index (χ3n) is 2.56. The van der Waals surface area contributed by atoms with E-state index in [1.165, 1.54) is 7.11 Å². The van der Waals surface area contributed by atoms with Crippen LogP contribution >= 0.6 is 23.2 Å². The van der Waals surface area contributed by atoms with Gasteiger partial charge in [-0.2, -0.15) is 5.26 Å². The molecule has 1 amide bonds. The summed E-state index contributed by atoms with van der Waals surface area (Å²) in [6.45, 7) is 0.293. The molecule has 0 spiro atoms. The Morgan fingerprint density at radius 3 is 2.84 bits per heavy atom. The summed E-state index contributed by atoms with van der Waals surface area (Å²) in [7, 11) is 1.44. The van der Waals surface area contributed by atoms with Crippen molar-refractivity contribution in [2.24, 2.45) is 0 Å². The van der Waals surface area contributed by atoms with Crippen LogP contribution in [0, 0.1) is 11.3 Å². The monoisotopic (exact) mass is 300 g/mol. The number of amides is 1. The molecule has 0 aromatic heterocycles. The van der Waals surface area contributed by atoms with Gasteiger partial charge in [0.1, 0.15) is 6.10 Å². The molecule has 1 aromatic rings. The first-order chi connectivity index (χ1) is 9.08. The molecule has 19 heavy (non-hydrogen) atoms. The fourth-order valence-electron chi connectivity index (χ4n) is 1.51. The summed E-state index contributed by atoms with van der Waals surface area (Å²) in [5.74, 6) is -0.260. The van der Waals surface area contributed by atoms with Crippen LogP contribution in [0.5, 0.6) is 0 Å². The van der Waals surface area contributed by atoms with E-state index >= 15 is 0 Å². The molecule has 1 unspecified atom stereocenters.